The van der Waals surface area contributed by atoms with Gasteiger partial charge in [0.2, 0.25) is 0 Å². The first-order valence-electron chi connectivity index (χ1n) is 7.26. The molecule has 2 saturated carbocycles. The molecule has 3 unspecified atom stereocenters. The van der Waals surface area contributed by atoms with Gasteiger partial charge < -0.3 is 5.32 Å². The molecule has 1 heterocycles. The first-order valence-corrected chi connectivity index (χ1v) is 7.26. The summed E-state index contributed by atoms with van der Waals surface area (Å²) < 4.78 is 0. The Morgan fingerprint density at radius 2 is 2.06 bits per heavy atom. The van der Waals surface area contributed by atoms with E-state index < -0.39 is 0 Å². The molecule has 100 valence electrons. The molecule has 1 aromatic heterocycles. The summed E-state index contributed by atoms with van der Waals surface area (Å²) in [7, 11) is 1.83. The molecule has 2 aliphatic rings. The quantitative estimate of drug-likeness (QED) is 0.851. The van der Waals surface area contributed by atoms with Crippen LogP contribution in [0.2, 0.25) is 0 Å². The van der Waals surface area contributed by atoms with Gasteiger partial charge in [0.05, 0.1) is 7.05 Å². The van der Waals surface area contributed by atoms with Crippen molar-refractivity contribution in [1.82, 2.24) is 25.5 Å². The van der Waals surface area contributed by atoms with E-state index >= 15 is 0 Å². The fraction of sp³-hybridized carbons (Fsp3) is 0.923. The molecule has 18 heavy (non-hydrogen) atoms. The Bertz CT molecular complexity index is 390. The summed E-state index contributed by atoms with van der Waals surface area (Å²) in [6.07, 6.45) is 6.66. The lowest BCUT2D eigenvalue weighted by Crippen LogP contribution is -2.34. The van der Waals surface area contributed by atoms with Crippen LogP contribution in [0.4, 0.5) is 0 Å². The number of hydrogen-bond donors (Lipinski definition) is 1. The molecule has 1 aromatic rings. The fourth-order valence-electron chi connectivity index (χ4n) is 3.85. The number of aryl methyl sites for hydroxylation is 1. The van der Waals surface area contributed by atoms with Gasteiger partial charge in [-0.1, -0.05) is 19.8 Å². The second-order valence-electron chi connectivity index (χ2n) is 5.75. The van der Waals surface area contributed by atoms with Gasteiger partial charge in [0.1, 0.15) is 0 Å². The van der Waals surface area contributed by atoms with Gasteiger partial charge in [0.15, 0.2) is 5.82 Å². The highest BCUT2D eigenvalue weighted by Gasteiger charge is 2.53. The van der Waals surface area contributed by atoms with Gasteiger partial charge in [-0.25, -0.2) is 0 Å². The Hall–Kier alpha value is -0.970. The van der Waals surface area contributed by atoms with Gasteiger partial charge in [-0.2, -0.15) is 4.80 Å². The molecule has 0 aliphatic heterocycles. The zero-order chi connectivity index (χ0) is 12.5. The maximum Gasteiger partial charge on any atom is 0.176 e. The van der Waals surface area contributed by atoms with Gasteiger partial charge in [0.25, 0.3) is 0 Å². The van der Waals surface area contributed by atoms with E-state index in [4.69, 9.17) is 0 Å². The van der Waals surface area contributed by atoms with Crippen molar-refractivity contribution in [3.63, 3.8) is 0 Å². The van der Waals surface area contributed by atoms with E-state index in [-0.39, 0.29) is 0 Å². The van der Waals surface area contributed by atoms with E-state index in [0.717, 1.165) is 36.5 Å². The molecule has 2 fully saturated rings. The Labute approximate surface area is 108 Å². The largest absolute Gasteiger partial charge is 0.314 e. The van der Waals surface area contributed by atoms with Crippen molar-refractivity contribution in [3.05, 3.63) is 5.82 Å². The lowest BCUT2D eigenvalue weighted by molar-refractivity contribution is 0.429. The molecule has 0 aromatic carbocycles. The molecule has 3 rings (SSSR count). The van der Waals surface area contributed by atoms with Crippen molar-refractivity contribution in [3.8, 4) is 0 Å². The van der Waals surface area contributed by atoms with Crippen LogP contribution < -0.4 is 5.32 Å². The molecule has 3 atom stereocenters. The minimum Gasteiger partial charge on any atom is -0.314 e. The van der Waals surface area contributed by atoms with Crippen LogP contribution in [0, 0.1) is 17.8 Å². The van der Waals surface area contributed by atoms with Gasteiger partial charge in [-0.3, -0.25) is 0 Å². The minimum absolute atomic E-state index is 0.548. The van der Waals surface area contributed by atoms with E-state index in [1.165, 1.54) is 25.7 Å². The molecule has 5 heteroatoms. The Morgan fingerprint density at radius 1 is 1.33 bits per heavy atom. The van der Waals surface area contributed by atoms with Crippen LogP contribution in [0.25, 0.3) is 0 Å². The number of likely N-dealkylation sites (N-methyl/N-ethyl adjacent to an activating group) is 1. The summed E-state index contributed by atoms with van der Waals surface area (Å²) in [5, 5.41) is 16.0. The average molecular weight is 249 g/mol. The summed E-state index contributed by atoms with van der Waals surface area (Å²) in [4.78, 5) is 1.55. The van der Waals surface area contributed by atoms with E-state index in [9.17, 15) is 0 Å². The van der Waals surface area contributed by atoms with E-state index in [1.54, 1.807) is 4.80 Å². The molecule has 0 amide bonds. The molecule has 1 N–H and O–H groups in total. The van der Waals surface area contributed by atoms with Crippen molar-refractivity contribution in [2.75, 3.05) is 6.54 Å². The summed E-state index contributed by atoms with van der Waals surface area (Å²) in [6.45, 7) is 3.21. The van der Waals surface area contributed by atoms with E-state index in [0.29, 0.717) is 6.04 Å². The SMILES string of the molecule is CCNC(Cc1nnn(C)n1)C1C2CCCCC21. The second kappa shape index (κ2) is 4.96. The normalized spacial score (nSPS) is 32.0. The van der Waals surface area contributed by atoms with E-state index in [2.05, 4.69) is 27.7 Å². The van der Waals surface area contributed by atoms with E-state index in [1.807, 2.05) is 7.05 Å². The lowest BCUT2D eigenvalue weighted by atomic mass is 10.0. The Kier molecular flexibility index (Phi) is 3.33. The van der Waals surface area contributed by atoms with Gasteiger partial charge in [-0.15, -0.1) is 10.2 Å². The smallest absolute Gasteiger partial charge is 0.176 e. The molecule has 0 spiro atoms. The number of nitrogens with one attached hydrogen (secondary N) is 1. The van der Waals surface area contributed by atoms with Crippen LogP contribution in [0.1, 0.15) is 38.4 Å². The van der Waals surface area contributed by atoms with Crippen molar-refractivity contribution in [1.29, 1.82) is 0 Å². The zero-order valence-electron chi connectivity index (χ0n) is 11.3. The third-order valence-corrected chi connectivity index (χ3v) is 4.61. The van der Waals surface area contributed by atoms with Crippen LogP contribution >= 0.6 is 0 Å². The molecule has 0 saturated heterocycles. The van der Waals surface area contributed by atoms with Crippen LogP contribution in [0.5, 0.6) is 0 Å². The van der Waals surface area contributed by atoms with Crippen LogP contribution in [-0.2, 0) is 13.5 Å². The number of hydrogen-bond acceptors (Lipinski definition) is 4. The highest BCUT2D eigenvalue weighted by molar-refractivity contribution is 5.06. The third kappa shape index (κ3) is 2.28. The average Bonchev–Trinajstić information content (AvgIpc) is 2.96. The number of tetrazole rings is 1. The standard InChI is InChI=1S/C13H23N5/c1-3-14-11(8-12-15-17-18(2)16-12)13-9-6-4-5-7-10(9)13/h9-11,13-14H,3-8H2,1-2H3. The first kappa shape index (κ1) is 12.1. The zero-order valence-corrected chi connectivity index (χ0v) is 11.3. The monoisotopic (exact) mass is 249 g/mol. The van der Waals surface area contributed by atoms with Crippen molar-refractivity contribution < 1.29 is 0 Å². The van der Waals surface area contributed by atoms with Gasteiger partial charge in [0, 0.05) is 12.5 Å². The third-order valence-electron chi connectivity index (χ3n) is 4.61. The molecule has 0 bridgehead atoms. The highest BCUT2D eigenvalue weighted by Crippen LogP contribution is 2.57. The molecular formula is C13H23N5. The Balaban J connectivity index is 1.65. The maximum absolute atomic E-state index is 4.31. The molecule has 2 aliphatic carbocycles. The topological polar surface area (TPSA) is 55.6 Å². The van der Waals surface area contributed by atoms with Crippen molar-refractivity contribution >= 4 is 0 Å². The molecule has 5 nitrogen and oxygen atoms in total. The minimum atomic E-state index is 0.548. The van der Waals surface area contributed by atoms with Crippen molar-refractivity contribution in [2.45, 2.75) is 45.1 Å². The van der Waals surface area contributed by atoms with Crippen LogP contribution in [0.3, 0.4) is 0 Å². The summed E-state index contributed by atoms with van der Waals surface area (Å²) in [5.41, 5.74) is 0. The van der Waals surface area contributed by atoms with Gasteiger partial charge >= 0.3 is 0 Å². The van der Waals surface area contributed by atoms with Crippen LogP contribution in [-0.4, -0.2) is 32.8 Å². The number of aromatic nitrogens is 4. The number of rotatable bonds is 5. The highest BCUT2D eigenvalue weighted by atomic mass is 15.6. The summed E-state index contributed by atoms with van der Waals surface area (Å²) in [5.74, 6) is 3.68. The number of nitrogens with zero attached hydrogens (tertiary/aromatic N) is 4. The maximum atomic E-state index is 4.31. The first-order chi connectivity index (χ1) is 8.79. The van der Waals surface area contributed by atoms with Crippen LogP contribution in [0.15, 0.2) is 0 Å². The Morgan fingerprint density at radius 3 is 2.61 bits per heavy atom. The van der Waals surface area contributed by atoms with Gasteiger partial charge in [-0.05, 0) is 42.4 Å². The predicted molar refractivity (Wildman–Crippen MR) is 68.9 cm³/mol. The predicted octanol–water partition coefficient (Wildman–Crippen LogP) is 1.17. The second-order valence-corrected chi connectivity index (χ2v) is 5.75. The number of fused-ring (bicyclic) bond motifs is 1. The molecular weight excluding hydrogens is 226 g/mol. The molecule has 0 radical (unpaired) electrons. The lowest BCUT2D eigenvalue weighted by Gasteiger charge is -2.16. The van der Waals surface area contributed by atoms with Crippen molar-refractivity contribution in [2.24, 2.45) is 24.8 Å². The summed E-state index contributed by atoms with van der Waals surface area (Å²) >= 11 is 0. The fourth-order valence-corrected chi connectivity index (χ4v) is 3.85. The summed E-state index contributed by atoms with van der Waals surface area (Å²) in [6, 6.07) is 0.548.